The Kier molecular flexibility index (Phi) is 7.87. The van der Waals surface area contributed by atoms with Crippen LogP contribution in [-0.2, 0) is 13.0 Å². The van der Waals surface area contributed by atoms with E-state index in [1.807, 2.05) is 62.4 Å². The lowest BCUT2D eigenvalue weighted by molar-refractivity contribution is 0.0952. The first-order valence-corrected chi connectivity index (χ1v) is 10.5. The maximum absolute atomic E-state index is 12.7. The zero-order chi connectivity index (χ0) is 22.1. The Hall–Kier alpha value is -3.54. The van der Waals surface area contributed by atoms with Gasteiger partial charge >= 0.3 is 0 Å². The molecule has 6 nitrogen and oxygen atoms in total. The molecule has 0 fully saturated rings. The predicted molar refractivity (Wildman–Crippen MR) is 121 cm³/mol. The van der Waals surface area contributed by atoms with E-state index in [-0.39, 0.29) is 17.0 Å². The fourth-order valence-electron chi connectivity index (χ4n) is 3.28. The summed E-state index contributed by atoms with van der Waals surface area (Å²) >= 11 is 0. The standard InChI is InChI=1S/C25H28N2O4/c1-3-30-22-13-12-19(17-23(22)31-4-2)14-15-26-24(28)21-11-8-16-27(25(21)29)18-20-9-6-5-7-10-20/h5-13,16-17H,3-4,14-15,18H2,1-2H3,(H,26,28). The number of carbonyl (C=O) groups is 1. The lowest BCUT2D eigenvalue weighted by atomic mass is 10.1. The summed E-state index contributed by atoms with van der Waals surface area (Å²) in [5, 5.41) is 2.85. The minimum atomic E-state index is -0.372. The van der Waals surface area contributed by atoms with Crippen molar-refractivity contribution in [3.8, 4) is 11.5 Å². The Balaban J connectivity index is 1.63. The molecular weight excluding hydrogens is 392 g/mol. The molecule has 0 saturated heterocycles. The third-order valence-corrected chi connectivity index (χ3v) is 4.77. The summed E-state index contributed by atoms with van der Waals surface area (Å²) < 4.78 is 12.8. The molecule has 6 heteroatoms. The Morgan fingerprint density at radius 2 is 1.65 bits per heavy atom. The van der Waals surface area contributed by atoms with Crippen molar-refractivity contribution in [2.24, 2.45) is 0 Å². The molecule has 1 aromatic heterocycles. The van der Waals surface area contributed by atoms with Crippen LogP contribution in [0.15, 0.2) is 71.7 Å². The summed E-state index contributed by atoms with van der Waals surface area (Å²) in [6.45, 7) is 5.79. The first kappa shape index (κ1) is 22.2. The molecule has 0 radical (unpaired) electrons. The molecule has 0 saturated carbocycles. The van der Waals surface area contributed by atoms with Gasteiger partial charge in [0.2, 0.25) is 0 Å². The van der Waals surface area contributed by atoms with Gasteiger partial charge in [-0.25, -0.2) is 0 Å². The molecule has 162 valence electrons. The van der Waals surface area contributed by atoms with Crippen molar-refractivity contribution in [1.29, 1.82) is 0 Å². The first-order valence-electron chi connectivity index (χ1n) is 10.5. The van der Waals surface area contributed by atoms with E-state index in [9.17, 15) is 9.59 Å². The molecule has 1 amide bonds. The van der Waals surface area contributed by atoms with Crippen LogP contribution in [0.5, 0.6) is 11.5 Å². The topological polar surface area (TPSA) is 69.6 Å². The fraction of sp³-hybridized carbons (Fsp3) is 0.280. The van der Waals surface area contributed by atoms with E-state index < -0.39 is 0 Å². The second-order valence-corrected chi connectivity index (χ2v) is 6.99. The van der Waals surface area contributed by atoms with Crippen molar-refractivity contribution >= 4 is 5.91 Å². The molecule has 0 atom stereocenters. The van der Waals surface area contributed by atoms with Crippen LogP contribution >= 0.6 is 0 Å². The van der Waals surface area contributed by atoms with Crippen LogP contribution in [0.2, 0.25) is 0 Å². The van der Waals surface area contributed by atoms with Crippen molar-refractivity contribution in [3.63, 3.8) is 0 Å². The van der Waals surface area contributed by atoms with E-state index in [4.69, 9.17) is 9.47 Å². The molecule has 0 spiro atoms. The molecule has 0 unspecified atom stereocenters. The third kappa shape index (κ3) is 5.98. The number of carbonyl (C=O) groups excluding carboxylic acids is 1. The minimum Gasteiger partial charge on any atom is -0.490 e. The van der Waals surface area contributed by atoms with Crippen LogP contribution in [0.4, 0.5) is 0 Å². The van der Waals surface area contributed by atoms with Crippen LogP contribution in [0.25, 0.3) is 0 Å². The quantitative estimate of drug-likeness (QED) is 0.543. The Labute approximate surface area is 182 Å². The lowest BCUT2D eigenvalue weighted by Gasteiger charge is -2.13. The molecule has 0 bridgehead atoms. The second kappa shape index (κ2) is 11.0. The van der Waals surface area contributed by atoms with Gasteiger partial charge in [-0.3, -0.25) is 9.59 Å². The molecule has 2 aromatic carbocycles. The van der Waals surface area contributed by atoms with Crippen molar-refractivity contribution in [2.75, 3.05) is 19.8 Å². The average Bonchev–Trinajstić information content (AvgIpc) is 2.78. The number of pyridine rings is 1. The molecule has 0 aliphatic carbocycles. The zero-order valence-corrected chi connectivity index (χ0v) is 18.0. The highest BCUT2D eigenvalue weighted by Crippen LogP contribution is 2.28. The number of hydrogen-bond donors (Lipinski definition) is 1. The van der Waals surface area contributed by atoms with Crippen LogP contribution < -0.4 is 20.3 Å². The number of ether oxygens (including phenoxy) is 2. The van der Waals surface area contributed by atoms with Crippen LogP contribution in [0.1, 0.15) is 35.3 Å². The number of nitrogens with zero attached hydrogens (tertiary/aromatic N) is 1. The van der Waals surface area contributed by atoms with Crippen LogP contribution in [0.3, 0.4) is 0 Å². The molecule has 0 aliphatic rings. The highest BCUT2D eigenvalue weighted by molar-refractivity contribution is 5.93. The van der Waals surface area contributed by atoms with E-state index in [1.165, 1.54) is 0 Å². The summed E-state index contributed by atoms with van der Waals surface area (Å²) in [7, 11) is 0. The predicted octanol–water partition coefficient (Wildman–Crippen LogP) is 3.67. The van der Waals surface area contributed by atoms with Crippen molar-refractivity contribution in [1.82, 2.24) is 9.88 Å². The van der Waals surface area contributed by atoms with Crippen molar-refractivity contribution in [2.45, 2.75) is 26.8 Å². The van der Waals surface area contributed by atoms with Gasteiger partial charge in [0.15, 0.2) is 11.5 Å². The van der Waals surface area contributed by atoms with E-state index in [0.717, 1.165) is 11.1 Å². The van der Waals surface area contributed by atoms with Gasteiger partial charge in [-0.15, -0.1) is 0 Å². The fourth-order valence-corrected chi connectivity index (χ4v) is 3.28. The van der Waals surface area contributed by atoms with Gasteiger partial charge < -0.3 is 19.4 Å². The molecule has 1 heterocycles. The third-order valence-electron chi connectivity index (χ3n) is 4.77. The summed E-state index contributed by atoms with van der Waals surface area (Å²) in [6, 6.07) is 18.7. The molecule has 1 N–H and O–H groups in total. The summed E-state index contributed by atoms with van der Waals surface area (Å²) in [4.78, 5) is 25.3. The normalized spacial score (nSPS) is 10.5. The number of hydrogen-bond acceptors (Lipinski definition) is 4. The Morgan fingerprint density at radius 1 is 0.903 bits per heavy atom. The van der Waals surface area contributed by atoms with E-state index in [1.54, 1.807) is 22.9 Å². The summed E-state index contributed by atoms with van der Waals surface area (Å²) in [5.41, 5.74) is 1.85. The smallest absolute Gasteiger partial charge is 0.263 e. The Bertz CT molecular complexity index is 1060. The van der Waals surface area contributed by atoms with E-state index in [0.29, 0.717) is 44.2 Å². The van der Waals surface area contributed by atoms with Gasteiger partial charge in [0.05, 0.1) is 19.8 Å². The van der Waals surface area contributed by atoms with E-state index in [2.05, 4.69) is 5.32 Å². The van der Waals surface area contributed by atoms with Crippen molar-refractivity contribution < 1.29 is 14.3 Å². The van der Waals surface area contributed by atoms with Gasteiger partial charge in [-0.1, -0.05) is 36.4 Å². The van der Waals surface area contributed by atoms with Gasteiger partial charge in [-0.05, 0) is 55.7 Å². The van der Waals surface area contributed by atoms with Gasteiger partial charge in [-0.2, -0.15) is 0 Å². The number of benzene rings is 2. The minimum absolute atomic E-state index is 0.139. The highest BCUT2D eigenvalue weighted by atomic mass is 16.5. The molecule has 31 heavy (non-hydrogen) atoms. The number of rotatable bonds is 10. The monoisotopic (exact) mass is 420 g/mol. The van der Waals surface area contributed by atoms with Crippen LogP contribution in [-0.4, -0.2) is 30.2 Å². The maximum Gasteiger partial charge on any atom is 0.263 e. The molecule has 3 aromatic rings. The Morgan fingerprint density at radius 3 is 2.39 bits per heavy atom. The van der Waals surface area contributed by atoms with E-state index >= 15 is 0 Å². The number of aromatic nitrogens is 1. The first-order chi connectivity index (χ1) is 15.1. The molecular formula is C25H28N2O4. The van der Waals surface area contributed by atoms with Gasteiger partial charge in [0, 0.05) is 12.7 Å². The summed E-state index contributed by atoms with van der Waals surface area (Å²) in [6.07, 6.45) is 2.31. The number of nitrogens with one attached hydrogen (secondary N) is 1. The number of amides is 1. The van der Waals surface area contributed by atoms with Gasteiger partial charge in [0.25, 0.3) is 11.5 Å². The molecule has 0 aliphatic heterocycles. The maximum atomic E-state index is 12.7. The SMILES string of the molecule is CCOc1ccc(CCNC(=O)c2cccn(Cc3ccccc3)c2=O)cc1OCC. The highest BCUT2D eigenvalue weighted by Gasteiger charge is 2.12. The lowest BCUT2D eigenvalue weighted by Crippen LogP contribution is -2.33. The average molecular weight is 421 g/mol. The van der Waals surface area contributed by atoms with Gasteiger partial charge in [0.1, 0.15) is 5.56 Å². The molecule has 3 rings (SSSR count). The van der Waals surface area contributed by atoms with Crippen molar-refractivity contribution in [3.05, 3.63) is 93.9 Å². The zero-order valence-electron chi connectivity index (χ0n) is 18.0. The van der Waals surface area contributed by atoms with Crippen LogP contribution in [0, 0.1) is 0 Å². The summed E-state index contributed by atoms with van der Waals surface area (Å²) in [5.74, 6) is 1.03. The second-order valence-electron chi connectivity index (χ2n) is 6.99. The largest absolute Gasteiger partial charge is 0.490 e.